The van der Waals surface area contributed by atoms with Gasteiger partial charge in [-0.3, -0.25) is 0 Å². The maximum absolute atomic E-state index is 3.66. The monoisotopic (exact) mass is 204 g/mol. The topological polar surface area (TPSA) is 24.1 Å². The maximum Gasteiger partial charge on any atom is 0.0207 e. The minimum atomic E-state index is 0.567. The minimum absolute atomic E-state index is 0.567. The van der Waals surface area contributed by atoms with Crippen molar-refractivity contribution in [3.8, 4) is 0 Å². The molecule has 2 N–H and O–H groups in total. The van der Waals surface area contributed by atoms with Crippen LogP contribution in [0.4, 0.5) is 0 Å². The van der Waals surface area contributed by atoms with Crippen molar-refractivity contribution in [1.82, 2.24) is 10.6 Å². The molecule has 82 valence electrons. The van der Waals surface area contributed by atoms with Gasteiger partial charge in [-0.25, -0.2) is 0 Å². The Morgan fingerprint density at radius 1 is 1.40 bits per heavy atom. The quantitative estimate of drug-likeness (QED) is 0.778. The van der Waals surface area contributed by atoms with Crippen LogP contribution < -0.4 is 10.6 Å². The van der Waals surface area contributed by atoms with Gasteiger partial charge in [0.25, 0.3) is 0 Å². The van der Waals surface area contributed by atoms with Gasteiger partial charge < -0.3 is 10.6 Å². The lowest BCUT2D eigenvalue weighted by molar-refractivity contribution is 0.463. The van der Waals surface area contributed by atoms with Crippen molar-refractivity contribution in [1.29, 1.82) is 0 Å². The summed E-state index contributed by atoms with van der Waals surface area (Å²) in [5.41, 5.74) is 1.42. The van der Waals surface area contributed by atoms with Crippen LogP contribution in [0.25, 0.3) is 0 Å². The molecule has 1 heterocycles. The fourth-order valence-corrected chi connectivity index (χ4v) is 2.23. The van der Waals surface area contributed by atoms with Crippen LogP contribution in [0.15, 0.2) is 30.3 Å². The Kier molecular flexibility index (Phi) is 3.75. The summed E-state index contributed by atoms with van der Waals surface area (Å²) in [5, 5.41) is 7.04. The highest BCUT2D eigenvalue weighted by molar-refractivity contribution is 5.15. The summed E-state index contributed by atoms with van der Waals surface area (Å²) in [7, 11) is 0. The molecule has 0 aliphatic carbocycles. The van der Waals surface area contributed by atoms with Crippen molar-refractivity contribution in [2.45, 2.75) is 31.8 Å². The first kappa shape index (κ1) is 10.7. The zero-order valence-corrected chi connectivity index (χ0v) is 9.37. The number of benzene rings is 1. The molecular formula is C13H20N2. The molecule has 2 heteroatoms. The van der Waals surface area contributed by atoms with Crippen molar-refractivity contribution >= 4 is 0 Å². The van der Waals surface area contributed by atoms with Crippen LogP contribution >= 0.6 is 0 Å². The summed E-state index contributed by atoms with van der Waals surface area (Å²) < 4.78 is 0. The zero-order chi connectivity index (χ0) is 10.5. The third kappa shape index (κ3) is 3.33. The molecule has 1 aromatic carbocycles. The summed E-state index contributed by atoms with van der Waals surface area (Å²) in [6.07, 6.45) is 2.39. The predicted molar refractivity (Wildman–Crippen MR) is 64.0 cm³/mol. The van der Waals surface area contributed by atoms with Crippen LogP contribution in [-0.2, 0) is 6.42 Å². The second kappa shape index (κ2) is 5.29. The molecule has 0 aromatic heterocycles. The second-order valence-corrected chi connectivity index (χ2v) is 4.45. The van der Waals surface area contributed by atoms with E-state index in [0.29, 0.717) is 12.1 Å². The highest BCUT2D eigenvalue weighted by atomic mass is 15.0. The standard InChI is InChI=1S/C13H20N2/c1-11(15-13-7-8-14-10-13)9-12-5-3-2-4-6-12/h2-6,11,13-15H,7-10H2,1H3. The molecule has 2 unspecified atom stereocenters. The molecule has 0 radical (unpaired) electrons. The Balaban J connectivity index is 1.79. The van der Waals surface area contributed by atoms with Crippen molar-refractivity contribution in [3.05, 3.63) is 35.9 Å². The van der Waals surface area contributed by atoms with Crippen LogP contribution in [0, 0.1) is 0 Å². The van der Waals surface area contributed by atoms with Gasteiger partial charge in [-0.1, -0.05) is 30.3 Å². The Hall–Kier alpha value is -0.860. The average molecular weight is 204 g/mol. The summed E-state index contributed by atoms with van der Waals surface area (Å²) in [6, 6.07) is 11.9. The van der Waals surface area contributed by atoms with Crippen LogP contribution in [0.5, 0.6) is 0 Å². The van der Waals surface area contributed by atoms with E-state index in [1.165, 1.54) is 12.0 Å². The third-order valence-corrected chi connectivity index (χ3v) is 2.97. The van der Waals surface area contributed by atoms with Crippen LogP contribution in [0.2, 0.25) is 0 Å². The lowest BCUT2D eigenvalue weighted by Crippen LogP contribution is -2.38. The lowest BCUT2D eigenvalue weighted by Gasteiger charge is -2.18. The van der Waals surface area contributed by atoms with Gasteiger partial charge in [0.1, 0.15) is 0 Å². The van der Waals surface area contributed by atoms with Gasteiger partial charge in [-0.05, 0) is 31.9 Å². The molecule has 15 heavy (non-hydrogen) atoms. The van der Waals surface area contributed by atoms with E-state index < -0.39 is 0 Å². The highest BCUT2D eigenvalue weighted by Gasteiger charge is 2.16. The van der Waals surface area contributed by atoms with E-state index in [-0.39, 0.29) is 0 Å². The Labute approximate surface area is 92.1 Å². The van der Waals surface area contributed by atoms with Crippen molar-refractivity contribution in [2.75, 3.05) is 13.1 Å². The predicted octanol–water partition coefficient (Wildman–Crippen LogP) is 1.57. The molecular weight excluding hydrogens is 184 g/mol. The third-order valence-electron chi connectivity index (χ3n) is 2.97. The first-order chi connectivity index (χ1) is 7.34. The summed E-state index contributed by atoms with van der Waals surface area (Å²) in [5.74, 6) is 0. The smallest absolute Gasteiger partial charge is 0.0207 e. The molecule has 2 nitrogen and oxygen atoms in total. The van der Waals surface area contributed by atoms with E-state index in [9.17, 15) is 0 Å². The average Bonchev–Trinajstić information content (AvgIpc) is 2.71. The lowest BCUT2D eigenvalue weighted by atomic mass is 10.1. The zero-order valence-electron chi connectivity index (χ0n) is 9.37. The molecule has 1 fully saturated rings. The number of rotatable bonds is 4. The largest absolute Gasteiger partial charge is 0.315 e. The Morgan fingerprint density at radius 2 is 2.20 bits per heavy atom. The number of hydrogen-bond acceptors (Lipinski definition) is 2. The summed E-state index contributed by atoms with van der Waals surface area (Å²) in [6.45, 7) is 4.56. The maximum atomic E-state index is 3.66. The summed E-state index contributed by atoms with van der Waals surface area (Å²) in [4.78, 5) is 0. The molecule has 1 aliphatic heterocycles. The number of nitrogens with one attached hydrogen (secondary N) is 2. The van der Waals surface area contributed by atoms with E-state index in [1.807, 2.05) is 0 Å². The second-order valence-electron chi connectivity index (χ2n) is 4.45. The SMILES string of the molecule is CC(Cc1ccccc1)NC1CCNC1. The molecule has 2 rings (SSSR count). The van der Waals surface area contributed by atoms with Gasteiger partial charge in [-0.15, -0.1) is 0 Å². The molecule has 0 amide bonds. The van der Waals surface area contributed by atoms with Crippen LogP contribution in [0.1, 0.15) is 18.9 Å². The van der Waals surface area contributed by atoms with Gasteiger partial charge >= 0.3 is 0 Å². The Morgan fingerprint density at radius 3 is 2.87 bits per heavy atom. The molecule has 0 bridgehead atoms. The molecule has 1 aromatic rings. The summed E-state index contributed by atoms with van der Waals surface area (Å²) >= 11 is 0. The highest BCUT2D eigenvalue weighted by Crippen LogP contribution is 2.05. The molecule has 1 saturated heterocycles. The van der Waals surface area contributed by atoms with Crippen LogP contribution in [-0.4, -0.2) is 25.2 Å². The fourth-order valence-electron chi connectivity index (χ4n) is 2.23. The molecule has 2 atom stereocenters. The first-order valence-electron chi connectivity index (χ1n) is 5.85. The van der Waals surface area contributed by atoms with Gasteiger partial charge in [-0.2, -0.15) is 0 Å². The van der Waals surface area contributed by atoms with E-state index in [1.54, 1.807) is 0 Å². The van der Waals surface area contributed by atoms with Crippen molar-refractivity contribution in [3.63, 3.8) is 0 Å². The van der Waals surface area contributed by atoms with Gasteiger partial charge in [0.2, 0.25) is 0 Å². The van der Waals surface area contributed by atoms with E-state index in [2.05, 4.69) is 47.9 Å². The molecule has 0 saturated carbocycles. The van der Waals surface area contributed by atoms with Crippen molar-refractivity contribution in [2.24, 2.45) is 0 Å². The Bertz CT molecular complexity index is 278. The molecule has 0 spiro atoms. The van der Waals surface area contributed by atoms with Crippen molar-refractivity contribution < 1.29 is 0 Å². The fraction of sp³-hybridized carbons (Fsp3) is 0.538. The van der Waals surface area contributed by atoms with Crippen LogP contribution in [0.3, 0.4) is 0 Å². The van der Waals surface area contributed by atoms with Gasteiger partial charge in [0, 0.05) is 18.6 Å². The molecule has 1 aliphatic rings. The first-order valence-corrected chi connectivity index (χ1v) is 5.85. The van der Waals surface area contributed by atoms with E-state index in [0.717, 1.165) is 19.5 Å². The van der Waals surface area contributed by atoms with Gasteiger partial charge in [0.05, 0.1) is 0 Å². The normalized spacial score (nSPS) is 22.9. The van der Waals surface area contributed by atoms with Gasteiger partial charge in [0.15, 0.2) is 0 Å². The number of hydrogen-bond donors (Lipinski definition) is 2. The minimum Gasteiger partial charge on any atom is -0.315 e. The van der Waals surface area contributed by atoms with E-state index >= 15 is 0 Å². The van der Waals surface area contributed by atoms with E-state index in [4.69, 9.17) is 0 Å².